The van der Waals surface area contributed by atoms with E-state index in [0.29, 0.717) is 12.0 Å². The van der Waals surface area contributed by atoms with Crippen molar-refractivity contribution in [3.63, 3.8) is 0 Å². The largest absolute Gasteiger partial charge is 0.381 e. The maximum atomic E-state index is 6.02. The molecule has 2 unspecified atom stereocenters. The Kier molecular flexibility index (Phi) is 4.86. The van der Waals surface area contributed by atoms with Gasteiger partial charge in [-0.2, -0.15) is 0 Å². The van der Waals surface area contributed by atoms with Crippen LogP contribution < -0.4 is 5.32 Å². The van der Waals surface area contributed by atoms with E-state index in [1.54, 1.807) is 0 Å². The molecule has 17 heavy (non-hydrogen) atoms. The Labute approximate surface area is 116 Å². The molecule has 2 atom stereocenters. The molecule has 4 heteroatoms. The monoisotopic (exact) mass is 317 g/mol. The summed E-state index contributed by atoms with van der Waals surface area (Å²) in [6.07, 6.45) is 2.36. The van der Waals surface area contributed by atoms with Gasteiger partial charge in [0.25, 0.3) is 0 Å². The summed E-state index contributed by atoms with van der Waals surface area (Å²) < 4.78 is 6.52. The fraction of sp³-hybridized carbons (Fsp3) is 0.538. The Hall–Kier alpha value is -0.0900. The predicted octanol–water partition coefficient (Wildman–Crippen LogP) is 3.79. The zero-order chi connectivity index (χ0) is 12.3. The topological polar surface area (TPSA) is 21.3 Å². The van der Waals surface area contributed by atoms with Crippen LogP contribution in [0.4, 0.5) is 0 Å². The smallest absolute Gasteiger partial charge is 0.0548 e. The number of rotatable bonds is 3. The lowest BCUT2D eigenvalue weighted by Crippen LogP contribution is -2.31. The Morgan fingerprint density at radius 3 is 2.94 bits per heavy atom. The Morgan fingerprint density at radius 2 is 2.35 bits per heavy atom. The van der Waals surface area contributed by atoms with Crippen molar-refractivity contribution in [3.05, 3.63) is 33.3 Å². The van der Waals surface area contributed by atoms with Crippen LogP contribution in [0.1, 0.15) is 24.4 Å². The minimum absolute atomic E-state index is 0.337. The summed E-state index contributed by atoms with van der Waals surface area (Å²) >= 11 is 9.50. The summed E-state index contributed by atoms with van der Waals surface area (Å²) in [5.41, 5.74) is 1.26. The second-order valence-corrected chi connectivity index (χ2v) is 5.68. The van der Waals surface area contributed by atoms with Gasteiger partial charge in [-0.3, -0.25) is 0 Å². The van der Waals surface area contributed by atoms with E-state index in [0.717, 1.165) is 29.1 Å². The van der Waals surface area contributed by atoms with Crippen LogP contribution in [0.3, 0.4) is 0 Å². The zero-order valence-electron chi connectivity index (χ0n) is 9.88. The first-order valence-corrected chi connectivity index (χ1v) is 7.09. The third-order valence-electron chi connectivity index (χ3n) is 3.28. The Bertz CT molecular complexity index is 380. The highest BCUT2D eigenvalue weighted by Gasteiger charge is 2.24. The van der Waals surface area contributed by atoms with Crippen LogP contribution in [-0.4, -0.2) is 20.3 Å². The molecular weight excluding hydrogens is 302 g/mol. The van der Waals surface area contributed by atoms with Crippen molar-refractivity contribution in [3.8, 4) is 0 Å². The lowest BCUT2D eigenvalue weighted by molar-refractivity contribution is 0.0402. The van der Waals surface area contributed by atoms with Gasteiger partial charge in [0.1, 0.15) is 0 Å². The van der Waals surface area contributed by atoms with E-state index >= 15 is 0 Å². The molecule has 0 saturated carbocycles. The fourth-order valence-corrected chi connectivity index (χ4v) is 2.92. The van der Waals surface area contributed by atoms with Crippen LogP contribution in [0.5, 0.6) is 0 Å². The standard InChI is InChI=1S/C13H17BrClNO/c1-16-13(10-3-2-6-17-8-10)9-4-5-12(15)11(14)7-9/h4-5,7,10,13,16H,2-3,6,8H2,1H3. The molecule has 1 heterocycles. The number of hydrogen-bond acceptors (Lipinski definition) is 2. The first kappa shape index (κ1) is 13.3. The van der Waals surface area contributed by atoms with E-state index in [-0.39, 0.29) is 0 Å². The van der Waals surface area contributed by atoms with Gasteiger partial charge in [0.2, 0.25) is 0 Å². The van der Waals surface area contributed by atoms with Crippen LogP contribution in [0.2, 0.25) is 5.02 Å². The maximum Gasteiger partial charge on any atom is 0.0548 e. The van der Waals surface area contributed by atoms with Crippen molar-refractivity contribution >= 4 is 27.5 Å². The zero-order valence-corrected chi connectivity index (χ0v) is 12.2. The molecule has 2 rings (SSSR count). The first-order chi connectivity index (χ1) is 8.22. The molecule has 1 fully saturated rings. The van der Waals surface area contributed by atoms with Gasteiger partial charge < -0.3 is 10.1 Å². The quantitative estimate of drug-likeness (QED) is 0.915. The van der Waals surface area contributed by atoms with Crippen molar-refractivity contribution in [2.24, 2.45) is 5.92 Å². The van der Waals surface area contributed by atoms with E-state index in [9.17, 15) is 0 Å². The highest BCUT2D eigenvalue weighted by atomic mass is 79.9. The third kappa shape index (κ3) is 3.22. The predicted molar refractivity (Wildman–Crippen MR) is 74.5 cm³/mol. The Balaban J connectivity index is 2.18. The van der Waals surface area contributed by atoms with Crippen LogP contribution in [0.15, 0.2) is 22.7 Å². The molecule has 1 saturated heterocycles. The second kappa shape index (κ2) is 6.19. The molecule has 1 aliphatic rings. The van der Waals surface area contributed by atoms with Crippen LogP contribution >= 0.6 is 27.5 Å². The summed E-state index contributed by atoms with van der Waals surface area (Å²) in [6.45, 7) is 1.74. The van der Waals surface area contributed by atoms with Gasteiger partial charge in [-0.1, -0.05) is 17.7 Å². The highest BCUT2D eigenvalue weighted by molar-refractivity contribution is 9.10. The lowest BCUT2D eigenvalue weighted by Gasteiger charge is -2.30. The van der Waals surface area contributed by atoms with Crippen molar-refractivity contribution < 1.29 is 4.74 Å². The average Bonchev–Trinajstić information content (AvgIpc) is 2.36. The summed E-state index contributed by atoms with van der Waals surface area (Å²) in [7, 11) is 2.00. The molecule has 1 aliphatic heterocycles. The van der Waals surface area contributed by atoms with Crippen molar-refractivity contribution in [2.45, 2.75) is 18.9 Å². The summed E-state index contributed by atoms with van der Waals surface area (Å²) in [5.74, 6) is 0.543. The average molecular weight is 319 g/mol. The maximum absolute atomic E-state index is 6.02. The number of hydrogen-bond donors (Lipinski definition) is 1. The molecule has 0 bridgehead atoms. The van der Waals surface area contributed by atoms with Gasteiger partial charge in [0.15, 0.2) is 0 Å². The summed E-state index contributed by atoms with van der Waals surface area (Å²) in [6, 6.07) is 6.46. The van der Waals surface area contributed by atoms with E-state index in [2.05, 4.69) is 33.4 Å². The molecule has 94 valence electrons. The van der Waals surface area contributed by atoms with Crippen molar-refractivity contribution in [1.29, 1.82) is 0 Å². The van der Waals surface area contributed by atoms with E-state index in [1.807, 2.05) is 13.1 Å². The molecule has 2 nitrogen and oxygen atoms in total. The van der Waals surface area contributed by atoms with Gasteiger partial charge in [0.05, 0.1) is 11.6 Å². The van der Waals surface area contributed by atoms with Gasteiger partial charge in [-0.15, -0.1) is 0 Å². The second-order valence-electron chi connectivity index (χ2n) is 4.42. The minimum Gasteiger partial charge on any atom is -0.381 e. The normalized spacial score (nSPS) is 22.4. The molecule has 1 N–H and O–H groups in total. The molecule has 0 radical (unpaired) electrons. The first-order valence-electron chi connectivity index (χ1n) is 5.92. The van der Waals surface area contributed by atoms with E-state index in [1.165, 1.54) is 12.0 Å². The van der Waals surface area contributed by atoms with Gasteiger partial charge in [-0.05, 0) is 53.5 Å². The third-order valence-corrected chi connectivity index (χ3v) is 4.49. The lowest BCUT2D eigenvalue weighted by atomic mass is 9.89. The van der Waals surface area contributed by atoms with Gasteiger partial charge in [0, 0.05) is 23.0 Å². The SMILES string of the molecule is CNC(c1ccc(Cl)c(Br)c1)C1CCCOC1. The highest BCUT2D eigenvalue weighted by Crippen LogP contribution is 2.32. The van der Waals surface area contributed by atoms with E-state index < -0.39 is 0 Å². The minimum atomic E-state index is 0.337. The van der Waals surface area contributed by atoms with Gasteiger partial charge >= 0.3 is 0 Å². The Morgan fingerprint density at radius 1 is 1.53 bits per heavy atom. The number of nitrogens with one attached hydrogen (secondary N) is 1. The molecule has 0 aliphatic carbocycles. The summed E-state index contributed by atoms with van der Waals surface area (Å²) in [5, 5.41) is 4.14. The van der Waals surface area contributed by atoms with Crippen LogP contribution in [0, 0.1) is 5.92 Å². The number of benzene rings is 1. The van der Waals surface area contributed by atoms with Crippen LogP contribution in [0.25, 0.3) is 0 Å². The molecule has 1 aromatic carbocycles. The molecule has 0 amide bonds. The molecule has 0 spiro atoms. The molecule has 0 aromatic heterocycles. The number of halogens is 2. The molecular formula is C13H17BrClNO. The fourth-order valence-electron chi connectivity index (χ4n) is 2.41. The van der Waals surface area contributed by atoms with Crippen LogP contribution in [-0.2, 0) is 4.74 Å². The van der Waals surface area contributed by atoms with E-state index in [4.69, 9.17) is 16.3 Å². The summed E-state index contributed by atoms with van der Waals surface area (Å²) in [4.78, 5) is 0. The van der Waals surface area contributed by atoms with Gasteiger partial charge in [-0.25, -0.2) is 0 Å². The van der Waals surface area contributed by atoms with Crippen molar-refractivity contribution in [1.82, 2.24) is 5.32 Å². The van der Waals surface area contributed by atoms with Crippen molar-refractivity contribution in [2.75, 3.05) is 20.3 Å². The number of ether oxygens (including phenoxy) is 1. The molecule has 1 aromatic rings.